The van der Waals surface area contributed by atoms with Gasteiger partial charge in [-0.2, -0.15) is 0 Å². The molecular formula is C14H14N2O2S. The highest BCUT2D eigenvalue weighted by Gasteiger charge is 2.14. The van der Waals surface area contributed by atoms with E-state index < -0.39 is 0 Å². The summed E-state index contributed by atoms with van der Waals surface area (Å²) < 4.78 is 0. The van der Waals surface area contributed by atoms with Crippen molar-refractivity contribution in [3.05, 3.63) is 48.0 Å². The Morgan fingerprint density at radius 1 is 1.21 bits per heavy atom. The van der Waals surface area contributed by atoms with Gasteiger partial charge in [-0.05, 0) is 30.5 Å². The Morgan fingerprint density at radius 2 is 1.95 bits per heavy atom. The van der Waals surface area contributed by atoms with E-state index in [0.29, 0.717) is 5.69 Å². The quantitative estimate of drug-likeness (QED) is 0.457. The van der Waals surface area contributed by atoms with E-state index in [-0.39, 0.29) is 22.9 Å². The number of phenols is 1. The summed E-state index contributed by atoms with van der Waals surface area (Å²) in [7, 11) is 0. The summed E-state index contributed by atoms with van der Waals surface area (Å²) in [6.07, 6.45) is 1.93. The number of carbonyl (C=O) groups excluding carboxylic acids is 1. The Labute approximate surface area is 115 Å². The standard InChI is InChI=1S/C14H14N2O2S/c1-19-12-8-3-2-7-11(12)16-14(18)9-5-4-6-10(15)13(9)17/h2-8,17H,15H2,1H3,(H,16,18). The van der Waals surface area contributed by atoms with Crippen molar-refractivity contribution in [2.24, 2.45) is 0 Å². The minimum absolute atomic E-state index is 0.163. The molecule has 2 aromatic rings. The third kappa shape index (κ3) is 2.82. The van der Waals surface area contributed by atoms with Gasteiger partial charge in [0.1, 0.15) is 0 Å². The van der Waals surface area contributed by atoms with Crippen molar-refractivity contribution in [1.29, 1.82) is 0 Å². The molecule has 0 spiro atoms. The molecule has 0 aliphatic heterocycles. The van der Waals surface area contributed by atoms with Crippen LogP contribution in [0.4, 0.5) is 11.4 Å². The van der Waals surface area contributed by atoms with Crippen molar-refractivity contribution >= 4 is 29.0 Å². The van der Waals surface area contributed by atoms with Crippen molar-refractivity contribution in [3.63, 3.8) is 0 Å². The molecule has 0 unspecified atom stereocenters. The van der Waals surface area contributed by atoms with Gasteiger partial charge in [0.2, 0.25) is 0 Å². The fourth-order valence-corrected chi connectivity index (χ4v) is 2.24. The number of nitrogen functional groups attached to an aromatic ring is 1. The summed E-state index contributed by atoms with van der Waals surface area (Å²) in [6, 6.07) is 12.2. The van der Waals surface area contributed by atoms with Crippen LogP contribution in [-0.2, 0) is 0 Å². The number of para-hydroxylation sites is 2. The second-order valence-corrected chi connectivity index (χ2v) is 4.75. The fourth-order valence-electron chi connectivity index (χ4n) is 1.68. The summed E-state index contributed by atoms with van der Waals surface area (Å²) in [5.74, 6) is -0.576. The average molecular weight is 274 g/mol. The summed E-state index contributed by atoms with van der Waals surface area (Å²) in [4.78, 5) is 13.1. The smallest absolute Gasteiger partial charge is 0.259 e. The van der Waals surface area contributed by atoms with E-state index in [4.69, 9.17) is 5.73 Å². The zero-order valence-electron chi connectivity index (χ0n) is 10.4. The van der Waals surface area contributed by atoms with E-state index in [1.54, 1.807) is 12.1 Å². The van der Waals surface area contributed by atoms with Crippen LogP contribution in [0.2, 0.25) is 0 Å². The third-order valence-electron chi connectivity index (χ3n) is 2.67. The van der Waals surface area contributed by atoms with Crippen molar-refractivity contribution in [1.82, 2.24) is 0 Å². The van der Waals surface area contributed by atoms with Crippen LogP contribution >= 0.6 is 11.8 Å². The number of nitrogens with two attached hydrogens (primary N) is 1. The van der Waals surface area contributed by atoms with E-state index in [9.17, 15) is 9.90 Å². The topological polar surface area (TPSA) is 75.4 Å². The first-order valence-corrected chi connectivity index (χ1v) is 6.87. The van der Waals surface area contributed by atoms with Crippen LogP contribution < -0.4 is 11.1 Å². The Hall–Kier alpha value is -2.14. The second kappa shape index (κ2) is 5.67. The number of amides is 1. The van der Waals surface area contributed by atoms with Crippen molar-refractivity contribution in [2.75, 3.05) is 17.3 Å². The molecule has 0 bridgehead atoms. The molecule has 2 aromatic carbocycles. The summed E-state index contributed by atoms with van der Waals surface area (Å²) >= 11 is 1.54. The van der Waals surface area contributed by atoms with E-state index in [1.165, 1.54) is 17.8 Å². The van der Waals surface area contributed by atoms with Crippen LogP contribution in [0.5, 0.6) is 5.75 Å². The fraction of sp³-hybridized carbons (Fsp3) is 0.0714. The van der Waals surface area contributed by atoms with Gasteiger partial charge in [-0.1, -0.05) is 18.2 Å². The average Bonchev–Trinajstić information content (AvgIpc) is 2.42. The number of rotatable bonds is 3. The van der Waals surface area contributed by atoms with Gasteiger partial charge < -0.3 is 16.2 Å². The van der Waals surface area contributed by atoms with Crippen LogP contribution in [-0.4, -0.2) is 17.3 Å². The first-order valence-electron chi connectivity index (χ1n) is 5.65. The molecular weight excluding hydrogens is 260 g/mol. The Balaban J connectivity index is 2.28. The molecule has 19 heavy (non-hydrogen) atoms. The van der Waals surface area contributed by atoms with Crippen LogP contribution in [0.15, 0.2) is 47.4 Å². The zero-order chi connectivity index (χ0) is 13.8. The van der Waals surface area contributed by atoms with Crippen LogP contribution in [0.3, 0.4) is 0 Å². The molecule has 0 saturated carbocycles. The molecule has 0 aliphatic carbocycles. The number of hydrogen-bond acceptors (Lipinski definition) is 4. The van der Waals surface area contributed by atoms with E-state index in [2.05, 4.69) is 5.32 Å². The molecule has 0 heterocycles. The maximum atomic E-state index is 12.1. The van der Waals surface area contributed by atoms with Crippen molar-refractivity contribution in [3.8, 4) is 5.75 Å². The highest BCUT2D eigenvalue weighted by Crippen LogP contribution is 2.28. The van der Waals surface area contributed by atoms with Gasteiger partial charge in [0.05, 0.1) is 16.9 Å². The number of anilines is 2. The van der Waals surface area contributed by atoms with Gasteiger partial charge in [-0.15, -0.1) is 11.8 Å². The minimum atomic E-state index is -0.383. The largest absolute Gasteiger partial charge is 0.505 e. The van der Waals surface area contributed by atoms with Crippen LogP contribution in [0.1, 0.15) is 10.4 Å². The number of thioether (sulfide) groups is 1. The predicted octanol–water partition coefficient (Wildman–Crippen LogP) is 2.95. The first-order chi connectivity index (χ1) is 9.13. The number of phenolic OH excluding ortho intramolecular Hbond substituents is 1. The normalized spacial score (nSPS) is 10.2. The first kappa shape index (κ1) is 13.3. The molecule has 5 heteroatoms. The number of carbonyl (C=O) groups is 1. The van der Waals surface area contributed by atoms with Gasteiger partial charge >= 0.3 is 0 Å². The van der Waals surface area contributed by atoms with E-state index >= 15 is 0 Å². The number of aromatic hydroxyl groups is 1. The molecule has 0 aromatic heterocycles. The molecule has 4 nitrogen and oxygen atoms in total. The highest BCUT2D eigenvalue weighted by molar-refractivity contribution is 7.98. The molecule has 2 rings (SSSR count). The van der Waals surface area contributed by atoms with E-state index in [1.807, 2.05) is 30.5 Å². The van der Waals surface area contributed by atoms with Crippen molar-refractivity contribution < 1.29 is 9.90 Å². The molecule has 98 valence electrons. The van der Waals surface area contributed by atoms with Gasteiger partial charge in [0.25, 0.3) is 5.91 Å². The van der Waals surface area contributed by atoms with Gasteiger partial charge in [-0.3, -0.25) is 4.79 Å². The third-order valence-corrected chi connectivity index (χ3v) is 3.46. The van der Waals surface area contributed by atoms with Gasteiger partial charge in [-0.25, -0.2) is 0 Å². The molecule has 1 amide bonds. The lowest BCUT2D eigenvalue weighted by atomic mass is 10.1. The summed E-state index contributed by atoms with van der Waals surface area (Å²) in [5, 5.41) is 12.6. The minimum Gasteiger partial charge on any atom is -0.505 e. The number of benzene rings is 2. The maximum Gasteiger partial charge on any atom is 0.259 e. The molecule has 0 saturated heterocycles. The predicted molar refractivity (Wildman–Crippen MR) is 78.7 cm³/mol. The lowest BCUT2D eigenvalue weighted by molar-refractivity contribution is 0.102. The zero-order valence-corrected chi connectivity index (χ0v) is 11.2. The maximum absolute atomic E-state index is 12.1. The summed E-state index contributed by atoms with van der Waals surface area (Å²) in [6.45, 7) is 0. The van der Waals surface area contributed by atoms with Crippen LogP contribution in [0, 0.1) is 0 Å². The van der Waals surface area contributed by atoms with Crippen LogP contribution in [0.25, 0.3) is 0 Å². The highest BCUT2D eigenvalue weighted by atomic mass is 32.2. The Morgan fingerprint density at radius 3 is 2.68 bits per heavy atom. The lowest BCUT2D eigenvalue weighted by Crippen LogP contribution is -2.13. The number of nitrogens with one attached hydrogen (secondary N) is 1. The lowest BCUT2D eigenvalue weighted by Gasteiger charge is -2.10. The second-order valence-electron chi connectivity index (χ2n) is 3.90. The SMILES string of the molecule is CSc1ccccc1NC(=O)c1cccc(N)c1O. The Kier molecular flexibility index (Phi) is 3.97. The van der Waals surface area contributed by atoms with Gasteiger partial charge in [0.15, 0.2) is 5.75 Å². The Bertz CT molecular complexity index is 614. The number of hydrogen-bond donors (Lipinski definition) is 3. The van der Waals surface area contributed by atoms with Gasteiger partial charge in [0, 0.05) is 4.90 Å². The molecule has 0 aliphatic rings. The monoisotopic (exact) mass is 274 g/mol. The van der Waals surface area contributed by atoms with E-state index in [0.717, 1.165) is 4.90 Å². The summed E-state index contributed by atoms with van der Waals surface area (Å²) in [5.41, 5.74) is 6.63. The van der Waals surface area contributed by atoms with Crippen molar-refractivity contribution in [2.45, 2.75) is 4.90 Å². The molecule has 0 fully saturated rings. The molecule has 4 N–H and O–H groups in total. The molecule has 0 atom stereocenters. The molecule has 0 radical (unpaired) electrons.